The third-order valence-corrected chi connectivity index (χ3v) is 4.97. The third kappa shape index (κ3) is 3.99. The maximum Gasteiger partial charge on any atom is 0.262 e. The Morgan fingerprint density at radius 1 is 0.923 bits per heavy atom. The van der Waals surface area contributed by atoms with Crippen LogP contribution in [0.5, 0.6) is 17.2 Å². The molecule has 0 atom stereocenters. The predicted octanol–water partition coefficient (Wildman–Crippen LogP) is 1.87. The first kappa shape index (κ1) is 19.4. The summed E-state index contributed by atoms with van der Waals surface area (Å²) in [4.78, 5) is 11.9. The average molecular weight is 380 g/mol. The number of carbonyl (C=O) groups is 1. The number of hydrogen-bond donors (Lipinski definition) is 2. The maximum atomic E-state index is 12.8. The second kappa shape index (κ2) is 7.96. The van der Waals surface area contributed by atoms with Gasteiger partial charge in [0.2, 0.25) is 0 Å². The number of methoxy groups -OCH3 is 3. The predicted molar refractivity (Wildman–Crippen MR) is 96.7 cm³/mol. The SMILES string of the molecule is CNC(=O)c1cc(S(=O)(=O)Nc2cc(OC)ccc2OC)ccc1OC. The molecule has 0 bridgehead atoms. The van der Waals surface area contributed by atoms with Gasteiger partial charge in [-0.05, 0) is 30.3 Å². The van der Waals surface area contributed by atoms with Crippen LogP contribution < -0.4 is 24.2 Å². The molecule has 0 aromatic heterocycles. The van der Waals surface area contributed by atoms with Crippen LogP contribution in [0.25, 0.3) is 0 Å². The molecule has 1 amide bonds. The van der Waals surface area contributed by atoms with Crippen molar-refractivity contribution >= 4 is 21.6 Å². The molecule has 0 radical (unpaired) electrons. The van der Waals surface area contributed by atoms with Crippen LogP contribution in [0.15, 0.2) is 41.3 Å². The van der Waals surface area contributed by atoms with Crippen molar-refractivity contribution in [3.63, 3.8) is 0 Å². The van der Waals surface area contributed by atoms with E-state index in [0.29, 0.717) is 11.5 Å². The van der Waals surface area contributed by atoms with Crippen LogP contribution in [-0.2, 0) is 10.0 Å². The van der Waals surface area contributed by atoms with Crippen molar-refractivity contribution in [2.75, 3.05) is 33.1 Å². The quantitative estimate of drug-likeness (QED) is 0.760. The summed E-state index contributed by atoms with van der Waals surface area (Å²) in [5.41, 5.74) is 0.319. The van der Waals surface area contributed by atoms with Crippen molar-refractivity contribution in [2.24, 2.45) is 0 Å². The standard InChI is InChI=1S/C17H20N2O6S/c1-18-17(20)13-10-12(6-8-15(13)24-3)26(21,22)19-14-9-11(23-2)5-7-16(14)25-4/h5-10,19H,1-4H3,(H,18,20). The van der Waals surface area contributed by atoms with E-state index in [-0.39, 0.29) is 21.9 Å². The smallest absolute Gasteiger partial charge is 0.262 e. The van der Waals surface area contributed by atoms with Crippen LogP contribution >= 0.6 is 0 Å². The van der Waals surface area contributed by atoms with Gasteiger partial charge in [0.15, 0.2) is 0 Å². The van der Waals surface area contributed by atoms with Gasteiger partial charge in [-0.3, -0.25) is 9.52 Å². The molecule has 0 fully saturated rings. The number of rotatable bonds is 7. The highest BCUT2D eigenvalue weighted by Gasteiger charge is 2.21. The first-order valence-electron chi connectivity index (χ1n) is 7.51. The summed E-state index contributed by atoms with van der Waals surface area (Å²) in [5.74, 6) is 0.596. The van der Waals surface area contributed by atoms with Gasteiger partial charge >= 0.3 is 0 Å². The Kier molecular flexibility index (Phi) is 5.93. The van der Waals surface area contributed by atoms with Gasteiger partial charge in [-0.25, -0.2) is 8.42 Å². The zero-order valence-electron chi connectivity index (χ0n) is 14.8. The normalized spacial score (nSPS) is 10.8. The number of nitrogens with one attached hydrogen (secondary N) is 2. The van der Waals surface area contributed by atoms with Gasteiger partial charge in [0.05, 0.1) is 37.5 Å². The van der Waals surface area contributed by atoms with E-state index < -0.39 is 15.9 Å². The molecule has 0 unspecified atom stereocenters. The number of hydrogen-bond acceptors (Lipinski definition) is 6. The van der Waals surface area contributed by atoms with E-state index in [1.165, 1.54) is 52.6 Å². The van der Waals surface area contributed by atoms with Crippen molar-refractivity contribution < 1.29 is 27.4 Å². The zero-order valence-corrected chi connectivity index (χ0v) is 15.6. The highest BCUT2D eigenvalue weighted by molar-refractivity contribution is 7.92. The van der Waals surface area contributed by atoms with E-state index in [1.807, 2.05) is 0 Å². The highest BCUT2D eigenvalue weighted by atomic mass is 32.2. The molecule has 0 spiro atoms. The summed E-state index contributed by atoms with van der Waals surface area (Å²) in [6.45, 7) is 0. The topological polar surface area (TPSA) is 103 Å². The molecule has 2 aromatic carbocycles. The van der Waals surface area contributed by atoms with Gasteiger partial charge in [0.1, 0.15) is 17.2 Å². The zero-order chi connectivity index (χ0) is 19.3. The monoisotopic (exact) mass is 380 g/mol. The fourth-order valence-electron chi connectivity index (χ4n) is 2.26. The first-order valence-corrected chi connectivity index (χ1v) is 8.99. The lowest BCUT2D eigenvalue weighted by Gasteiger charge is -2.14. The Morgan fingerprint density at radius 3 is 2.15 bits per heavy atom. The number of anilines is 1. The Balaban J connectivity index is 2.47. The molecule has 0 saturated heterocycles. The fourth-order valence-corrected chi connectivity index (χ4v) is 3.35. The Hall–Kier alpha value is -2.94. The van der Waals surface area contributed by atoms with E-state index in [1.54, 1.807) is 12.1 Å². The first-order chi connectivity index (χ1) is 12.4. The lowest BCUT2D eigenvalue weighted by Crippen LogP contribution is -2.20. The number of sulfonamides is 1. The highest BCUT2D eigenvalue weighted by Crippen LogP contribution is 2.31. The van der Waals surface area contributed by atoms with E-state index in [4.69, 9.17) is 14.2 Å². The van der Waals surface area contributed by atoms with Gasteiger partial charge in [0, 0.05) is 13.1 Å². The largest absolute Gasteiger partial charge is 0.497 e. The number of benzene rings is 2. The molecule has 26 heavy (non-hydrogen) atoms. The number of amides is 1. The summed E-state index contributed by atoms with van der Waals surface area (Å²) in [6, 6.07) is 8.74. The van der Waals surface area contributed by atoms with Crippen molar-refractivity contribution in [1.29, 1.82) is 0 Å². The molecule has 140 valence electrons. The van der Waals surface area contributed by atoms with Gasteiger partial charge in [0.25, 0.3) is 15.9 Å². The van der Waals surface area contributed by atoms with E-state index in [2.05, 4.69) is 10.0 Å². The summed E-state index contributed by atoms with van der Waals surface area (Å²) < 4.78 is 43.3. The fraction of sp³-hybridized carbons (Fsp3) is 0.235. The average Bonchev–Trinajstić information content (AvgIpc) is 2.66. The number of ether oxygens (including phenoxy) is 3. The molecule has 0 aliphatic carbocycles. The van der Waals surface area contributed by atoms with Crippen LogP contribution in [0.4, 0.5) is 5.69 Å². The molecule has 8 nitrogen and oxygen atoms in total. The van der Waals surface area contributed by atoms with Gasteiger partial charge in [-0.15, -0.1) is 0 Å². The molecule has 0 saturated carbocycles. The van der Waals surface area contributed by atoms with Crippen molar-refractivity contribution in [3.05, 3.63) is 42.0 Å². The Bertz CT molecular complexity index is 911. The molecular weight excluding hydrogens is 360 g/mol. The molecule has 0 aliphatic heterocycles. The number of carbonyl (C=O) groups excluding carboxylic acids is 1. The molecule has 9 heteroatoms. The molecular formula is C17H20N2O6S. The molecule has 2 aromatic rings. The second-order valence-electron chi connectivity index (χ2n) is 5.11. The van der Waals surface area contributed by atoms with Gasteiger partial charge in [-0.1, -0.05) is 0 Å². The van der Waals surface area contributed by atoms with Crippen LogP contribution in [0, 0.1) is 0 Å². The molecule has 0 heterocycles. The van der Waals surface area contributed by atoms with Gasteiger partial charge in [-0.2, -0.15) is 0 Å². The Morgan fingerprint density at radius 2 is 1.58 bits per heavy atom. The lowest BCUT2D eigenvalue weighted by atomic mass is 10.2. The molecule has 2 N–H and O–H groups in total. The summed E-state index contributed by atoms with van der Waals surface area (Å²) in [7, 11) is 1.76. The van der Waals surface area contributed by atoms with Crippen LogP contribution in [-0.4, -0.2) is 42.7 Å². The van der Waals surface area contributed by atoms with Crippen LogP contribution in [0.2, 0.25) is 0 Å². The second-order valence-corrected chi connectivity index (χ2v) is 6.80. The van der Waals surface area contributed by atoms with Crippen molar-refractivity contribution in [2.45, 2.75) is 4.90 Å². The van der Waals surface area contributed by atoms with Crippen LogP contribution in [0.3, 0.4) is 0 Å². The third-order valence-electron chi connectivity index (χ3n) is 3.60. The van der Waals surface area contributed by atoms with Gasteiger partial charge < -0.3 is 19.5 Å². The minimum Gasteiger partial charge on any atom is -0.497 e. The van der Waals surface area contributed by atoms with Crippen molar-refractivity contribution in [1.82, 2.24) is 5.32 Å². The van der Waals surface area contributed by atoms with Crippen molar-refractivity contribution in [3.8, 4) is 17.2 Å². The molecule has 2 rings (SSSR count). The minimum atomic E-state index is -3.98. The lowest BCUT2D eigenvalue weighted by molar-refractivity contribution is 0.0960. The molecule has 0 aliphatic rings. The van der Waals surface area contributed by atoms with E-state index in [0.717, 1.165) is 0 Å². The maximum absolute atomic E-state index is 12.8. The minimum absolute atomic E-state index is 0.0956. The van der Waals surface area contributed by atoms with E-state index >= 15 is 0 Å². The Labute approximate surface area is 152 Å². The summed E-state index contributed by atoms with van der Waals surface area (Å²) in [5, 5.41) is 2.45. The summed E-state index contributed by atoms with van der Waals surface area (Å²) >= 11 is 0. The van der Waals surface area contributed by atoms with Crippen LogP contribution in [0.1, 0.15) is 10.4 Å². The van der Waals surface area contributed by atoms with E-state index in [9.17, 15) is 13.2 Å². The summed E-state index contributed by atoms with van der Waals surface area (Å²) in [6.07, 6.45) is 0.